The van der Waals surface area contributed by atoms with E-state index in [-0.39, 0.29) is 6.04 Å². The highest BCUT2D eigenvalue weighted by Gasteiger charge is 1.97. The Morgan fingerprint density at radius 1 is 1.78 bits per heavy atom. The molecule has 0 saturated heterocycles. The van der Waals surface area contributed by atoms with Crippen molar-refractivity contribution in [1.29, 1.82) is 0 Å². The van der Waals surface area contributed by atoms with Crippen LogP contribution in [0.3, 0.4) is 0 Å². The Morgan fingerprint density at radius 2 is 2.44 bits per heavy atom. The molecule has 52 valence electrons. The summed E-state index contributed by atoms with van der Waals surface area (Å²) in [6, 6.07) is 0.157. The van der Waals surface area contributed by atoms with Crippen LogP contribution in [0.15, 0.2) is 0 Å². The van der Waals surface area contributed by atoms with E-state index in [0.717, 1.165) is 13.0 Å². The van der Waals surface area contributed by atoms with Gasteiger partial charge in [-0.05, 0) is 13.5 Å². The van der Waals surface area contributed by atoms with Gasteiger partial charge in [-0.2, -0.15) is 0 Å². The van der Waals surface area contributed by atoms with Crippen LogP contribution in [0.5, 0.6) is 0 Å². The second-order valence-electron chi connectivity index (χ2n) is 1.79. The molecule has 0 bridgehead atoms. The molecule has 0 aliphatic heterocycles. The molecule has 0 heterocycles. The fraction of sp³-hybridized carbons (Fsp3) is 0.714. The molecule has 1 N–H and O–H groups in total. The van der Waals surface area contributed by atoms with Crippen molar-refractivity contribution in [3.05, 3.63) is 0 Å². The number of methoxy groups -OCH3 is 1. The highest BCUT2D eigenvalue weighted by molar-refractivity contribution is 4.97. The van der Waals surface area contributed by atoms with Crippen LogP contribution in [0.25, 0.3) is 0 Å². The lowest BCUT2D eigenvalue weighted by atomic mass is 10.2. The Labute approximate surface area is 56.6 Å². The van der Waals surface area contributed by atoms with Crippen molar-refractivity contribution >= 4 is 0 Å². The number of terminal acetylenes is 1. The van der Waals surface area contributed by atoms with Crippen molar-refractivity contribution in [3.63, 3.8) is 0 Å². The first-order valence-electron chi connectivity index (χ1n) is 2.97. The third kappa shape index (κ3) is 4.01. The van der Waals surface area contributed by atoms with Crippen LogP contribution in [0.1, 0.15) is 6.42 Å². The summed E-state index contributed by atoms with van der Waals surface area (Å²) in [6.45, 7) is 0.718. The quantitative estimate of drug-likeness (QED) is 0.546. The lowest BCUT2D eigenvalue weighted by Gasteiger charge is -2.06. The molecule has 0 amide bonds. The summed E-state index contributed by atoms with van der Waals surface area (Å²) in [7, 11) is 3.52. The maximum Gasteiger partial charge on any atom is 0.0706 e. The van der Waals surface area contributed by atoms with Crippen molar-refractivity contribution in [3.8, 4) is 12.3 Å². The van der Waals surface area contributed by atoms with Crippen LogP contribution in [-0.2, 0) is 4.74 Å². The lowest BCUT2D eigenvalue weighted by Crippen LogP contribution is -2.24. The van der Waals surface area contributed by atoms with Crippen molar-refractivity contribution in [2.24, 2.45) is 0 Å². The molecule has 1 atom stereocenters. The molecule has 2 heteroatoms. The van der Waals surface area contributed by atoms with Crippen LogP contribution < -0.4 is 5.32 Å². The van der Waals surface area contributed by atoms with Crippen LogP contribution in [0, 0.1) is 12.3 Å². The minimum absolute atomic E-state index is 0.157. The standard InChI is InChI=1S/C7H13NO/c1-4-7(8-2)5-6-9-3/h1,7-8H,5-6H2,2-3H3. The molecule has 0 rings (SSSR count). The fourth-order valence-corrected chi connectivity index (χ4v) is 0.547. The van der Waals surface area contributed by atoms with E-state index in [0.29, 0.717) is 0 Å². The van der Waals surface area contributed by atoms with Crippen molar-refractivity contribution in [2.75, 3.05) is 20.8 Å². The zero-order chi connectivity index (χ0) is 7.11. The topological polar surface area (TPSA) is 21.3 Å². The molecular formula is C7H13NO. The van der Waals surface area contributed by atoms with Crippen molar-refractivity contribution < 1.29 is 4.74 Å². The SMILES string of the molecule is C#CC(CCOC)NC. The monoisotopic (exact) mass is 127 g/mol. The van der Waals surface area contributed by atoms with Crippen LogP contribution in [0.2, 0.25) is 0 Å². The molecule has 1 unspecified atom stereocenters. The summed E-state index contributed by atoms with van der Waals surface area (Å²) >= 11 is 0. The van der Waals surface area contributed by atoms with E-state index in [1.807, 2.05) is 7.05 Å². The predicted molar refractivity (Wildman–Crippen MR) is 38.2 cm³/mol. The third-order valence-electron chi connectivity index (χ3n) is 1.16. The summed E-state index contributed by atoms with van der Waals surface area (Å²) in [5, 5.41) is 2.97. The van der Waals surface area contributed by atoms with E-state index in [4.69, 9.17) is 11.2 Å². The Balaban J connectivity index is 3.23. The Kier molecular flexibility index (Phi) is 5.29. The maximum absolute atomic E-state index is 5.16. The molecule has 0 fully saturated rings. The molecule has 0 radical (unpaired) electrons. The van der Waals surface area contributed by atoms with Gasteiger partial charge in [0.1, 0.15) is 0 Å². The van der Waals surface area contributed by atoms with Crippen LogP contribution in [-0.4, -0.2) is 26.8 Å². The van der Waals surface area contributed by atoms with E-state index in [1.165, 1.54) is 0 Å². The summed E-state index contributed by atoms with van der Waals surface area (Å²) in [6.07, 6.45) is 6.03. The number of rotatable bonds is 4. The van der Waals surface area contributed by atoms with Gasteiger partial charge >= 0.3 is 0 Å². The summed E-state index contributed by atoms with van der Waals surface area (Å²) in [5.74, 6) is 2.60. The molecule has 0 aromatic carbocycles. The van der Waals surface area contributed by atoms with E-state index < -0.39 is 0 Å². The largest absolute Gasteiger partial charge is 0.385 e. The van der Waals surface area contributed by atoms with Gasteiger partial charge in [0.25, 0.3) is 0 Å². The smallest absolute Gasteiger partial charge is 0.0706 e. The Bertz CT molecular complexity index is 95.6. The van der Waals surface area contributed by atoms with Gasteiger partial charge in [0.15, 0.2) is 0 Å². The zero-order valence-corrected chi connectivity index (χ0v) is 5.98. The first-order chi connectivity index (χ1) is 4.35. The van der Waals surface area contributed by atoms with Crippen molar-refractivity contribution in [2.45, 2.75) is 12.5 Å². The van der Waals surface area contributed by atoms with Gasteiger partial charge in [0, 0.05) is 13.7 Å². The summed E-state index contributed by atoms with van der Waals surface area (Å²) in [4.78, 5) is 0. The molecular weight excluding hydrogens is 114 g/mol. The first-order valence-corrected chi connectivity index (χ1v) is 2.97. The molecule has 0 aliphatic rings. The molecule has 0 saturated carbocycles. The number of hydrogen-bond donors (Lipinski definition) is 1. The number of hydrogen-bond acceptors (Lipinski definition) is 2. The van der Waals surface area contributed by atoms with Gasteiger partial charge in [0.05, 0.1) is 6.04 Å². The molecule has 2 nitrogen and oxygen atoms in total. The number of nitrogens with one attached hydrogen (secondary N) is 1. The average molecular weight is 127 g/mol. The van der Waals surface area contributed by atoms with Gasteiger partial charge in [-0.3, -0.25) is 0 Å². The fourth-order valence-electron chi connectivity index (χ4n) is 0.547. The average Bonchev–Trinajstić information content (AvgIpc) is 1.91. The van der Waals surface area contributed by atoms with Crippen LogP contribution >= 0.6 is 0 Å². The minimum atomic E-state index is 0.157. The number of ether oxygens (including phenoxy) is 1. The highest BCUT2D eigenvalue weighted by Crippen LogP contribution is 1.87. The zero-order valence-electron chi connectivity index (χ0n) is 5.98. The molecule has 0 spiro atoms. The Hall–Kier alpha value is -0.520. The molecule has 0 aromatic heterocycles. The normalized spacial score (nSPS) is 12.6. The highest BCUT2D eigenvalue weighted by atomic mass is 16.5. The van der Waals surface area contributed by atoms with E-state index in [9.17, 15) is 0 Å². The van der Waals surface area contributed by atoms with Gasteiger partial charge in [0.2, 0.25) is 0 Å². The maximum atomic E-state index is 5.16. The van der Waals surface area contributed by atoms with E-state index in [2.05, 4.69) is 11.2 Å². The van der Waals surface area contributed by atoms with Gasteiger partial charge in [-0.25, -0.2) is 0 Å². The minimum Gasteiger partial charge on any atom is -0.385 e. The summed E-state index contributed by atoms with van der Waals surface area (Å²) in [5.41, 5.74) is 0. The first kappa shape index (κ1) is 8.48. The second kappa shape index (κ2) is 5.61. The van der Waals surface area contributed by atoms with E-state index in [1.54, 1.807) is 7.11 Å². The van der Waals surface area contributed by atoms with Gasteiger partial charge in [-0.15, -0.1) is 6.42 Å². The molecule has 0 aliphatic carbocycles. The van der Waals surface area contributed by atoms with E-state index >= 15 is 0 Å². The predicted octanol–water partition coefficient (Wildman–Crippen LogP) is 0.244. The van der Waals surface area contributed by atoms with Gasteiger partial charge in [-0.1, -0.05) is 5.92 Å². The Morgan fingerprint density at radius 3 is 2.78 bits per heavy atom. The van der Waals surface area contributed by atoms with Gasteiger partial charge < -0.3 is 10.1 Å². The third-order valence-corrected chi connectivity index (χ3v) is 1.16. The van der Waals surface area contributed by atoms with Crippen molar-refractivity contribution in [1.82, 2.24) is 5.32 Å². The van der Waals surface area contributed by atoms with Crippen LogP contribution in [0.4, 0.5) is 0 Å². The summed E-state index contributed by atoms with van der Waals surface area (Å²) < 4.78 is 4.84. The molecule has 0 aromatic rings. The second-order valence-corrected chi connectivity index (χ2v) is 1.79. The lowest BCUT2D eigenvalue weighted by molar-refractivity contribution is 0.190. The molecule has 9 heavy (non-hydrogen) atoms.